The first-order chi connectivity index (χ1) is 13.0. The summed E-state index contributed by atoms with van der Waals surface area (Å²) < 4.78 is 45.8. The summed E-state index contributed by atoms with van der Waals surface area (Å²) in [5, 5.41) is 5.58. The molecular formula is C15H11F3N8O. The average Bonchev–Trinajstić information content (AvgIpc) is 3.36. The molecule has 4 aromatic rings. The summed E-state index contributed by atoms with van der Waals surface area (Å²) in [6.45, 7) is 0.975. The molecule has 0 spiro atoms. The zero-order chi connectivity index (χ0) is 18.6. The third-order valence-electron chi connectivity index (χ3n) is 4.24. The predicted octanol–water partition coefficient (Wildman–Crippen LogP) is 2.00. The summed E-state index contributed by atoms with van der Waals surface area (Å²) in [7, 11) is 0. The molecule has 2 N–H and O–H groups in total. The topological polar surface area (TPSA) is 110 Å². The van der Waals surface area contributed by atoms with Crippen molar-refractivity contribution in [3.8, 4) is 22.9 Å². The lowest BCUT2D eigenvalue weighted by Crippen LogP contribution is -2.13. The molecule has 0 amide bonds. The Hall–Kier alpha value is -3.28. The van der Waals surface area contributed by atoms with E-state index >= 15 is 0 Å². The second kappa shape index (κ2) is 5.61. The van der Waals surface area contributed by atoms with Crippen LogP contribution in [-0.2, 0) is 23.9 Å². The number of hydrogen-bond donors (Lipinski definition) is 2. The molecule has 0 unspecified atom stereocenters. The minimum atomic E-state index is -4.66. The minimum Gasteiger partial charge on any atom is -0.376 e. The molecule has 0 aromatic carbocycles. The highest BCUT2D eigenvalue weighted by Crippen LogP contribution is 2.32. The van der Waals surface area contributed by atoms with Gasteiger partial charge in [-0.05, 0) is 0 Å². The van der Waals surface area contributed by atoms with Gasteiger partial charge in [0.2, 0.25) is 5.78 Å². The van der Waals surface area contributed by atoms with Gasteiger partial charge in [-0.3, -0.25) is 9.50 Å². The van der Waals surface area contributed by atoms with Crippen LogP contribution in [0.2, 0.25) is 0 Å². The number of fused-ring (bicyclic) bond motifs is 2. The molecule has 0 atom stereocenters. The number of halogens is 3. The first kappa shape index (κ1) is 15.9. The summed E-state index contributed by atoms with van der Waals surface area (Å²) in [4.78, 5) is 19.4. The van der Waals surface area contributed by atoms with E-state index in [4.69, 9.17) is 4.74 Å². The standard InChI is InChI=1S/C15H11F3N8O/c16-15(17,18)13-23-12(24-25-13)10-11(9-3-19-6-20-9)26-4-7-5-27-2-1-8(7)21-14(26)22-10/h3-4,6H,1-2,5H2,(H,19,20)(H,23,24,25). The molecule has 138 valence electrons. The molecule has 27 heavy (non-hydrogen) atoms. The molecular weight excluding hydrogens is 365 g/mol. The first-order valence-electron chi connectivity index (χ1n) is 7.98. The molecule has 5 rings (SSSR count). The van der Waals surface area contributed by atoms with Gasteiger partial charge in [0, 0.05) is 18.2 Å². The SMILES string of the molecule is FC(F)(F)c1n[nH]c(-c2nc3nc4c(cn3c2-c2cnc[nH]2)COCC4)n1. The summed E-state index contributed by atoms with van der Waals surface area (Å²) in [6.07, 6.45) is 0.828. The maximum absolute atomic E-state index is 12.9. The summed E-state index contributed by atoms with van der Waals surface area (Å²) in [5.74, 6) is -1.02. The van der Waals surface area contributed by atoms with Crippen LogP contribution in [0.4, 0.5) is 13.2 Å². The van der Waals surface area contributed by atoms with Crippen molar-refractivity contribution in [2.24, 2.45) is 0 Å². The van der Waals surface area contributed by atoms with E-state index in [1.807, 2.05) is 6.20 Å². The Morgan fingerprint density at radius 1 is 1.19 bits per heavy atom. The lowest BCUT2D eigenvalue weighted by atomic mass is 10.1. The van der Waals surface area contributed by atoms with Gasteiger partial charge in [0.15, 0.2) is 5.82 Å². The average molecular weight is 376 g/mol. The molecule has 0 aliphatic carbocycles. The number of alkyl halides is 3. The van der Waals surface area contributed by atoms with Crippen molar-refractivity contribution >= 4 is 5.78 Å². The van der Waals surface area contributed by atoms with Gasteiger partial charge in [-0.1, -0.05) is 0 Å². The number of ether oxygens (including phenoxy) is 1. The van der Waals surface area contributed by atoms with Gasteiger partial charge in [-0.25, -0.2) is 19.9 Å². The Morgan fingerprint density at radius 2 is 2.07 bits per heavy atom. The number of hydrogen-bond acceptors (Lipinski definition) is 6. The van der Waals surface area contributed by atoms with Crippen molar-refractivity contribution in [3.05, 3.63) is 35.8 Å². The third kappa shape index (κ3) is 2.56. The fourth-order valence-electron chi connectivity index (χ4n) is 3.04. The Balaban J connectivity index is 1.76. The number of aromatic amines is 2. The van der Waals surface area contributed by atoms with Crippen molar-refractivity contribution < 1.29 is 17.9 Å². The zero-order valence-corrected chi connectivity index (χ0v) is 13.6. The van der Waals surface area contributed by atoms with E-state index in [1.54, 1.807) is 10.6 Å². The van der Waals surface area contributed by atoms with Gasteiger partial charge in [-0.2, -0.15) is 13.2 Å². The maximum Gasteiger partial charge on any atom is 0.453 e. The van der Waals surface area contributed by atoms with E-state index in [2.05, 4.69) is 35.1 Å². The second-order valence-electron chi connectivity index (χ2n) is 5.97. The number of rotatable bonds is 2. The number of imidazole rings is 2. The van der Waals surface area contributed by atoms with Gasteiger partial charge in [0.25, 0.3) is 5.82 Å². The Kier molecular flexibility index (Phi) is 3.31. The smallest absolute Gasteiger partial charge is 0.376 e. The van der Waals surface area contributed by atoms with Crippen LogP contribution in [-0.4, -0.2) is 46.1 Å². The molecule has 5 heterocycles. The molecule has 12 heteroatoms. The highest BCUT2D eigenvalue weighted by molar-refractivity contribution is 5.76. The lowest BCUT2D eigenvalue weighted by Gasteiger charge is -2.15. The molecule has 9 nitrogen and oxygen atoms in total. The van der Waals surface area contributed by atoms with E-state index in [9.17, 15) is 13.2 Å². The lowest BCUT2D eigenvalue weighted by molar-refractivity contribution is -0.144. The predicted molar refractivity (Wildman–Crippen MR) is 84.3 cm³/mol. The van der Waals surface area contributed by atoms with E-state index in [0.717, 1.165) is 11.3 Å². The van der Waals surface area contributed by atoms with Crippen LogP contribution in [0.5, 0.6) is 0 Å². The van der Waals surface area contributed by atoms with Crippen LogP contribution in [0.15, 0.2) is 18.7 Å². The molecule has 1 aliphatic heterocycles. The first-order valence-corrected chi connectivity index (χ1v) is 7.98. The van der Waals surface area contributed by atoms with Crippen molar-refractivity contribution in [1.82, 2.24) is 39.5 Å². The van der Waals surface area contributed by atoms with Gasteiger partial charge < -0.3 is 9.72 Å². The van der Waals surface area contributed by atoms with E-state index in [0.29, 0.717) is 36.8 Å². The highest BCUT2D eigenvalue weighted by atomic mass is 19.4. The van der Waals surface area contributed by atoms with Gasteiger partial charge in [0.05, 0.1) is 37.1 Å². The second-order valence-corrected chi connectivity index (χ2v) is 5.97. The van der Waals surface area contributed by atoms with Crippen LogP contribution >= 0.6 is 0 Å². The van der Waals surface area contributed by atoms with Crippen LogP contribution in [0.3, 0.4) is 0 Å². The molecule has 0 saturated carbocycles. The number of nitrogens with zero attached hydrogens (tertiary/aromatic N) is 6. The number of aromatic nitrogens is 8. The molecule has 0 fully saturated rings. The quantitative estimate of drug-likeness (QED) is 0.554. The molecule has 4 aromatic heterocycles. The summed E-state index contributed by atoms with van der Waals surface area (Å²) in [6, 6.07) is 0. The van der Waals surface area contributed by atoms with Crippen LogP contribution in [0, 0.1) is 0 Å². The van der Waals surface area contributed by atoms with Gasteiger partial charge in [0.1, 0.15) is 11.4 Å². The van der Waals surface area contributed by atoms with Crippen LogP contribution < -0.4 is 0 Å². The number of H-pyrrole nitrogens is 2. The number of nitrogens with one attached hydrogen (secondary N) is 2. The molecule has 0 radical (unpaired) electrons. The van der Waals surface area contributed by atoms with Crippen molar-refractivity contribution in [3.63, 3.8) is 0 Å². The van der Waals surface area contributed by atoms with Crippen LogP contribution in [0.1, 0.15) is 17.1 Å². The van der Waals surface area contributed by atoms with E-state index in [-0.39, 0.29) is 11.5 Å². The fourth-order valence-corrected chi connectivity index (χ4v) is 3.04. The van der Waals surface area contributed by atoms with Gasteiger partial charge in [-0.15, -0.1) is 5.10 Å². The molecule has 0 saturated heterocycles. The summed E-state index contributed by atoms with van der Waals surface area (Å²) >= 11 is 0. The van der Waals surface area contributed by atoms with Crippen molar-refractivity contribution in [1.29, 1.82) is 0 Å². The van der Waals surface area contributed by atoms with E-state index < -0.39 is 12.0 Å². The Morgan fingerprint density at radius 3 is 2.81 bits per heavy atom. The largest absolute Gasteiger partial charge is 0.453 e. The molecule has 1 aliphatic rings. The van der Waals surface area contributed by atoms with E-state index in [1.165, 1.54) is 6.33 Å². The Bertz CT molecular complexity index is 1130. The molecule has 0 bridgehead atoms. The highest BCUT2D eigenvalue weighted by Gasteiger charge is 2.37. The van der Waals surface area contributed by atoms with Crippen molar-refractivity contribution in [2.45, 2.75) is 19.2 Å². The minimum absolute atomic E-state index is 0.105. The fraction of sp³-hybridized carbons (Fsp3) is 0.267. The normalized spacial score (nSPS) is 14.6. The monoisotopic (exact) mass is 376 g/mol. The Labute approximate surface area is 148 Å². The van der Waals surface area contributed by atoms with Crippen molar-refractivity contribution in [2.75, 3.05) is 6.61 Å². The van der Waals surface area contributed by atoms with Gasteiger partial charge >= 0.3 is 6.18 Å². The zero-order valence-electron chi connectivity index (χ0n) is 13.6. The maximum atomic E-state index is 12.9. The van der Waals surface area contributed by atoms with Crippen LogP contribution in [0.25, 0.3) is 28.7 Å². The summed E-state index contributed by atoms with van der Waals surface area (Å²) in [5.41, 5.74) is 2.98. The third-order valence-corrected chi connectivity index (χ3v) is 4.24.